The van der Waals surface area contributed by atoms with Gasteiger partial charge < -0.3 is 20.7 Å². The molecule has 3 amide bonds. The van der Waals surface area contributed by atoms with Gasteiger partial charge in [0.05, 0.1) is 30.1 Å². The van der Waals surface area contributed by atoms with E-state index in [0.717, 1.165) is 11.1 Å². The number of ether oxygens (including phenoxy) is 1. The minimum Gasteiger partial charge on any atom is -0.456 e. The Morgan fingerprint density at radius 1 is 0.806 bits per heavy atom. The zero-order valence-electron chi connectivity index (χ0n) is 20.0. The van der Waals surface area contributed by atoms with Gasteiger partial charge >= 0.3 is 5.97 Å². The zero-order chi connectivity index (χ0) is 25.8. The van der Waals surface area contributed by atoms with Crippen LogP contribution >= 0.6 is 0 Å². The molecule has 0 saturated carbocycles. The molecule has 3 aromatic carbocycles. The van der Waals surface area contributed by atoms with E-state index in [1.165, 1.54) is 0 Å². The number of benzene rings is 3. The second-order valence-electron chi connectivity index (χ2n) is 8.12. The van der Waals surface area contributed by atoms with Crippen LogP contribution in [0.1, 0.15) is 40.9 Å². The highest BCUT2D eigenvalue weighted by Crippen LogP contribution is 2.18. The lowest BCUT2D eigenvalue weighted by Crippen LogP contribution is -2.29. The van der Waals surface area contributed by atoms with Gasteiger partial charge in [0.15, 0.2) is 6.61 Å². The third kappa shape index (κ3) is 8.39. The van der Waals surface area contributed by atoms with Crippen molar-refractivity contribution in [3.05, 3.63) is 102 Å². The van der Waals surface area contributed by atoms with Crippen molar-refractivity contribution in [1.82, 2.24) is 10.6 Å². The van der Waals surface area contributed by atoms with Gasteiger partial charge in [-0.2, -0.15) is 0 Å². The fourth-order valence-corrected chi connectivity index (χ4v) is 3.44. The maximum Gasteiger partial charge on any atom is 0.308 e. The summed E-state index contributed by atoms with van der Waals surface area (Å²) in [6.07, 6.45) is 0.152. The summed E-state index contributed by atoms with van der Waals surface area (Å²) < 4.78 is 5.00. The van der Waals surface area contributed by atoms with Crippen LogP contribution in [-0.4, -0.2) is 36.8 Å². The van der Waals surface area contributed by atoms with Gasteiger partial charge in [0.2, 0.25) is 5.91 Å². The van der Waals surface area contributed by atoms with Crippen LogP contribution in [0.5, 0.6) is 0 Å². The van der Waals surface area contributed by atoms with E-state index in [4.69, 9.17) is 4.74 Å². The number of hydrogen-bond donors (Lipinski definition) is 3. The van der Waals surface area contributed by atoms with Crippen LogP contribution in [0.3, 0.4) is 0 Å². The first-order chi connectivity index (χ1) is 17.4. The van der Waals surface area contributed by atoms with Crippen molar-refractivity contribution in [2.45, 2.75) is 25.8 Å². The molecule has 0 heterocycles. The molecule has 0 aliphatic heterocycles. The number of rotatable bonds is 11. The molecule has 186 valence electrons. The number of para-hydroxylation sites is 1. The number of hydrogen-bond acceptors (Lipinski definition) is 5. The molecular formula is C28H29N3O5. The Bertz CT molecular complexity index is 1180. The number of nitrogens with one attached hydrogen (secondary N) is 3. The largest absolute Gasteiger partial charge is 0.456 e. The van der Waals surface area contributed by atoms with Crippen LogP contribution < -0.4 is 16.0 Å². The van der Waals surface area contributed by atoms with Crippen LogP contribution in [0, 0.1) is 0 Å². The quantitative estimate of drug-likeness (QED) is 0.359. The van der Waals surface area contributed by atoms with Gasteiger partial charge in [-0.05, 0) is 30.2 Å². The van der Waals surface area contributed by atoms with E-state index in [0.29, 0.717) is 11.3 Å². The van der Waals surface area contributed by atoms with Gasteiger partial charge in [0.1, 0.15) is 0 Å². The van der Waals surface area contributed by atoms with Crippen LogP contribution in [-0.2, 0) is 25.5 Å². The van der Waals surface area contributed by atoms with Crippen LogP contribution in [0.2, 0.25) is 0 Å². The summed E-state index contributed by atoms with van der Waals surface area (Å²) in [5, 5.41) is 8.18. The van der Waals surface area contributed by atoms with E-state index < -0.39 is 18.5 Å². The van der Waals surface area contributed by atoms with Gasteiger partial charge in [0, 0.05) is 6.54 Å². The zero-order valence-corrected chi connectivity index (χ0v) is 20.0. The van der Waals surface area contributed by atoms with Crippen LogP contribution in [0.15, 0.2) is 84.9 Å². The lowest BCUT2D eigenvalue weighted by Gasteiger charge is -2.16. The smallest absolute Gasteiger partial charge is 0.308 e. The molecule has 1 unspecified atom stereocenters. The number of carbonyl (C=O) groups is 4. The van der Waals surface area contributed by atoms with Crippen molar-refractivity contribution < 1.29 is 23.9 Å². The van der Waals surface area contributed by atoms with Crippen molar-refractivity contribution in [2.75, 3.05) is 18.5 Å². The number of amides is 3. The highest BCUT2D eigenvalue weighted by atomic mass is 16.5. The lowest BCUT2D eigenvalue weighted by molar-refractivity contribution is -0.147. The Balaban J connectivity index is 1.42. The van der Waals surface area contributed by atoms with Gasteiger partial charge in [-0.15, -0.1) is 0 Å². The fourth-order valence-electron chi connectivity index (χ4n) is 3.44. The predicted molar refractivity (Wildman–Crippen MR) is 136 cm³/mol. The molecule has 36 heavy (non-hydrogen) atoms. The summed E-state index contributed by atoms with van der Waals surface area (Å²) in [6, 6.07) is 25.2. The molecule has 0 fully saturated rings. The Labute approximate surface area is 210 Å². The Kier molecular flexibility index (Phi) is 9.76. The van der Waals surface area contributed by atoms with Crippen LogP contribution in [0.4, 0.5) is 5.69 Å². The van der Waals surface area contributed by atoms with Crippen molar-refractivity contribution in [3.8, 4) is 0 Å². The van der Waals surface area contributed by atoms with E-state index in [2.05, 4.69) is 16.0 Å². The molecular weight excluding hydrogens is 458 g/mol. The van der Waals surface area contributed by atoms with Crippen molar-refractivity contribution >= 4 is 29.4 Å². The highest BCUT2D eigenvalue weighted by molar-refractivity contribution is 6.04. The fraction of sp³-hybridized carbons (Fsp3) is 0.214. The van der Waals surface area contributed by atoms with E-state index in [1.807, 2.05) is 67.6 Å². The molecule has 0 aromatic heterocycles. The number of carbonyl (C=O) groups excluding carboxylic acids is 4. The van der Waals surface area contributed by atoms with E-state index in [9.17, 15) is 19.2 Å². The first-order valence-corrected chi connectivity index (χ1v) is 11.6. The average Bonchev–Trinajstić information content (AvgIpc) is 2.89. The molecule has 0 spiro atoms. The summed E-state index contributed by atoms with van der Waals surface area (Å²) >= 11 is 0. The van der Waals surface area contributed by atoms with E-state index in [1.54, 1.807) is 24.3 Å². The molecule has 0 saturated heterocycles. The highest BCUT2D eigenvalue weighted by Gasteiger charge is 2.17. The lowest BCUT2D eigenvalue weighted by atomic mass is 10.1. The van der Waals surface area contributed by atoms with E-state index in [-0.39, 0.29) is 37.2 Å². The summed E-state index contributed by atoms with van der Waals surface area (Å²) in [4.78, 5) is 49.0. The van der Waals surface area contributed by atoms with Crippen molar-refractivity contribution in [2.24, 2.45) is 0 Å². The average molecular weight is 488 g/mol. The topological polar surface area (TPSA) is 114 Å². The predicted octanol–water partition coefficient (Wildman–Crippen LogP) is 3.41. The molecule has 0 aliphatic rings. The number of esters is 1. The summed E-state index contributed by atoms with van der Waals surface area (Å²) in [6.45, 7) is 1.47. The third-order valence-corrected chi connectivity index (χ3v) is 5.32. The van der Waals surface area contributed by atoms with Crippen molar-refractivity contribution in [1.29, 1.82) is 0 Å². The monoisotopic (exact) mass is 487 g/mol. The first-order valence-electron chi connectivity index (χ1n) is 11.6. The molecule has 0 bridgehead atoms. The summed E-state index contributed by atoms with van der Waals surface area (Å²) in [5.41, 5.74) is 2.43. The maximum atomic E-state index is 12.8. The third-order valence-electron chi connectivity index (χ3n) is 5.32. The van der Waals surface area contributed by atoms with E-state index >= 15 is 0 Å². The van der Waals surface area contributed by atoms with Crippen LogP contribution in [0.25, 0.3) is 0 Å². The molecule has 0 aliphatic carbocycles. The molecule has 8 heteroatoms. The molecule has 1 atom stereocenters. The minimum atomic E-state index is -0.618. The SMILES string of the molecule is CC(NC(=O)c1ccccc1NC(=O)COC(=O)CCNC(=O)Cc1ccccc1)c1ccccc1. The Hall–Kier alpha value is -4.46. The molecule has 0 radical (unpaired) electrons. The second kappa shape index (κ2) is 13.4. The van der Waals surface area contributed by atoms with Gasteiger partial charge in [-0.25, -0.2) is 0 Å². The maximum absolute atomic E-state index is 12.8. The van der Waals surface area contributed by atoms with Gasteiger partial charge in [0.25, 0.3) is 11.8 Å². The molecule has 8 nitrogen and oxygen atoms in total. The molecule has 3 N–H and O–H groups in total. The second-order valence-corrected chi connectivity index (χ2v) is 8.12. The van der Waals surface area contributed by atoms with Gasteiger partial charge in [-0.3, -0.25) is 19.2 Å². The minimum absolute atomic E-state index is 0.0653. The standard InChI is InChI=1S/C28H29N3O5/c1-20(22-12-6-3-7-13-22)30-28(35)23-14-8-9-15-24(23)31-26(33)19-36-27(34)16-17-29-25(32)18-21-10-4-2-5-11-21/h2-15,20H,16-19H2,1H3,(H,29,32)(H,30,35)(H,31,33). The Morgan fingerprint density at radius 3 is 2.17 bits per heavy atom. The first kappa shape index (κ1) is 26.2. The normalized spacial score (nSPS) is 11.1. The summed E-state index contributed by atoms with van der Waals surface area (Å²) in [5.74, 6) is -1.74. The summed E-state index contributed by atoms with van der Waals surface area (Å²) in [7, 11) is 0. The number of anilines is 1. The molecule has 3 aromatic rings. The molecule has 3 rings (SSSR count). The Morgan fingerprint density at radius 2 is 1.44 bits per heavy atom. The van der Waals surface area contributed by atoms with Crippen molar-refractivity contribution in [3.63, 3.8) is 0 Å². The van der Waals surface area contributed by atoms with Gasteiger partial charge in [-0.1, -0.05) is 72.8 Å².